The third-order valence-corrected chi connectivity index (χ3v) is 3.14. The second-order valence-corrected chi connectivity index (χ2v) is 4.35. The van der Waals surface area contributed by atoms with Crippen LogP contribution in [0.3, 0.4) is 0 Å². The molecule has 1 unspecified atom stereocenters. The van der Waals surface area contributed by atoms with Gasteiger partial charge in [-0.3, -0.25) is 4.79 Å². The largest absolute Gasteiger partial charge is 0.404 e. The molecule has 4 rings (SSSR count). The lowest BCUT2D eigenvalue weighted by atomic mass is 10.1. The van der Waals surface area contributed by atoms with E-state index < -0.39 is 6.29 Å². The van der Waals surface area contributed by atoms with Crippen LogP contribution in [0.15, 0.2) is 38.4 Å². The van der Waals surface area contributed by atoms with Gasteiger partial charge in [0.25, 0.3) is 0 Å². The van der Waals surface area contributed by atoms with Gasteiger partial charge in [-0.1, -0.05) is 17.7 Å². The number of hydrazone groups is 1. The number of carbonyl (C=O) groups is 1. The number of Topliss-reactive ketones (excluding diaryl/α,β-unsaturated/α-hetero) is 1. The Hall–Kier alpha value is -2.50. The first-order valence-electron chi connectivity index (χ1n) is 5.58. The number of rotatable bonds is 0. The van der Waals surface area contributed by atoms with E-state index >= 15 is 0 Å². The maximum absolute atomic E-state index is 12.3. The summed E-state index contributed by atoms with van der Waals surface area (Å²) in [6.45, 7) is 1.96. The van der Waals surface area contributed by atoms with E-state index in [9.17, 15) is 4.79 Å². The van der Waals surface area contributed by atoms with Crippen molar-refractivity contribution < 1.29 is 9.60 Å². The molecule has 0 radical (unpaired) electrons. The van der Waals surface area contributed by atoms with Gasteiger partial charge in [0.15, 0.2) is 6.34 Å². The minimum atomic E-state index is -0.455. The Labute approximate surface area is 102 Å². The minimum Gasteiger partial charge on any atom is -0.286 e. The van der Waals surface area contributed by atoms with Gasteiger partial charge >= 0.3 is 6.29 Å². The molecule has 0 aromatic heterocycles. The molecular weight excluding hydrogens is 230 g/mol. The number of aryl methyl sites for hydroxylation is 1. The van der Waals surface area contributed by atoms with Crippen LogP contribution in [0, 0.1) is 6.92 Å². The van der Waals surface area contributed by atoms with Gasteiger partial charge in [-0.2, -0.15) is 9.98 Å². The average Bonchev–Trinajstić information content (AvgIpc) is 2.92. The van der Waals surface area contributed by atoms with E-state index in [-0.39, 0.29) is 5.78 Å². The summed E-state index contributed by atoms with van der Waals surface area (Å²) in [5.41, 5.74) is 3.54. The summed E-state index contributed by atoms with van der Waals surface area (Å²) in [6.07, 6.45) is 0.948. The first-order valence-corrected chi connectivity index (χ1v) is 5.58. The van der Waals surface area contributed by atoms with Gasteiger partial charge in [-0.25, -0.2) is 0 Å². The van der Waals surface area contributed by atoms with Crippen LogP contribution in [-0.2, 0) is 0 Å². The van der Waals surface area contributed by atoms with Crippen LogP contribution in [-0.4, -0.2) is 34.6 Å². The highest BCUT2D eigenvalue weighted by Gasteiger charge is 2.42. The van der Waals surface area contributed by atoms with Crippen LogP contribution in [0.2, 0.25) is 0 Å². The van der Waals surface area contributed by atoms with Crippen LogP contribution in [0.25, 0.3) is 0 Å². The Morgan fingerprint density at radius 2 is 2.11 bits per heavy atom. The highest BCUT2D eigenvalue weighted by molar-refractivity contribution is 6.78. The molecule has 0 spiro atoms. The predicted molar refractivity (Wildman–Crippen MR) is 64.4 cm³/mol. The molecule has 86 valence electrons. The van der Waals surface area contributed by atoms with Crippen LogP contribution in [0.4, 0.5) is 0 Å². The molecule has 0 saturated carbocycles. The lowest BCUT2D eigenvalue weighted by Gasteiger charge is -2.04. The second-order valence-electron chi connectivity index (χ2n) is 4.35. The number of benzene rings is 1. The number of hydrogen-bond acceptors (Lipinski definition) is 5. The minimum absolute atomic E-state index is 0.0898. The molecular formula is C12H8N5O+. The highest BCUT2D eigenvalue weighted by Crippen LogP contribution is 2.26. The summed E-state index contributed by atoms with van der Waals surface area (Å²) in [4.78, 5) is 22.1. The molecule has 18 heavy (non-hydrogen) atoms. The summed E-state index contributed by atoms with van der Waals surface area (Å²) in [5.74, 6) is -0.0898. The first-order chi connectivity index (χ1) is 8.74. The maximum Gasteiger partial charge on any atom is 0.404 e. The molecule has 1 aromatic rings. The zero-order valence-corrected chi connectivity index (χ0v) is 9.53. The van der Waals surface area contributed by atoms with Crippen molar-refractivity contribution in [3.63, 3.8) is 0 Å². The van der Waals surface area contributed by atoms with Gasteiger partial charge in [-0.05, 0) is 13.0 Å². The van der Waals surface area contributed by atoms with E-state index in [1.807, 2.05) is 25.1 Å². The standard InChI is InChI=1S/C12H8N5O/c1-6-2-3-7-8(4-6)11(18)10-9(7)15-12-13-5-14-17(12)16-10/h2-5,12H,1H3/q+1. The van der Waals surface area contributed by atoms with E-state index in [4.69, 9.17) is 0 Å². The Morgan fingerprint density at radius 1 is 1.22 bits per heavy atom. The second kappa shape index (κ2) is 3.04. The molecule has 6 nitrogen and oxygen atoms in total. The molecule has 2 heterocycles. The normalized spacial score (nSPS) is 23.1. The van der Waals surface area contributed by atoms with Crippen molar-refractivity contribution in [2.45, 2.75) is 13.2 Å². The van der Waals surface area contributed by atoms with Crippen LogP contribution in [0.1, 0.15) is 21.5 Å². The first kappa shape index (κ1) is 9.52. The van der Waals surface area contributed by atoms with Crippen molar-refractivity contribution in [2.24, 2.45) is 20.2 Å². The van der Waals surface area contributed by atoms with E-state index in [0.29, 0.717) is 17.0 Å². The molecule has 1 atom stereocenters. The van der Waals surface area contributed by atoms with E-state index in [0.717, 1.165) is 11.1 Å². The van der Waals surface area contributed by atoms with Crippen molar-refractivity contribution in [3.8, 4) is 0 Å². The number of carbonyl (C=O) groups excluding carboxylic acids is 1. The number of fused-ring (bicyclic) bond motifs is 4. The van der Waals surface area contributed by atoms with Crippen LogP contribution < -0.4 is 0 Å². The molecule has 0 amide bonds. The van der Waals surface area contributed by atoms with Gasteiger partial charge in [0.05, 0.1) is 4.81 Å². The Balaban J connectivity index is 1.98. The Bertz CT molecular complexity index is 726. The summed E-state index contributed by atoms with van der Waals surface area (Å²) in [7, 11) is 0. The third-order valence-electron chi connectivity index (χ3n) is 3.14. The molecule has 0 N–H and O–H groups in total. The molecule has 6 heteroatoms. The predicted octanol–water partition coefficient (Wildman–Crippen LogP) is 1.14. The fourth-order valence-electron chi connectivity index (χ4n) is 2.28. The number of aliphatic imine (C=N–C) groups is 2. The fourth-order valence-corrected chi connectivity index (χ4v) is 2.28. The van der Waals surface area contributed by atoms with Gasteiger partial charge in [0.1, 0.15) is 5.71 Å². The number of nitrogens with zero attached hydrogens (tertiary/aromatic N) is 5. The number of ketones is 1. The molecule has 3 aliphatic rings. The van der Waals surface area contributed by atoms with Gasteiger partial charge in [0, 0.05) is 21.3 Å². The summed E-state index contributed by atoms with van der Waals surface area (Å²) in [5, 5.41) is 8.14. The molecule has 0 saturated heterocycles. The van der Waals surface area contributed by atoms with E-state index in [2.05, 4.69) is 20.2 Å². The van der Waals surface area contributed by atoms with Gasteiger partial charge in [0.2, 0.25) is 11.5 Å². The smallest absolute Gasteiger partial charge is 0.286 e. The quantitative estimate of drug-likeness (QED) is 0.625. The van der Waals surface area contributed by atoms with Crippen molar-refractivity contribution in [1.82, 2.24) is 0 Å². The fraction of sp³-hybridized carbons (Fsp3) is 0.167. The summed E-state index contributed by atoms with van der Waals surface area (Å²) >= 11 is 0. The average molecular weight is 238 g/mol. The zero-order chi connectivity index (χ0) is 12.3. The van der Waals surface area contributed by atoms with Crippen molar-refractivity contribution in [2.75, 3.05) is 0 Å². The van der Waals surface area contributed by atoms with Crippen molar-refractivity contribution >= 4 is 23.5 Å². The molecule has 0 fully saturated rings. The van der Waals surface area contributed by atoms with Crippen LogP contribution in [0.5, 0.6) is 0 Å². The van der Waals surface area contributed by atoms with Crippen molar-refractivity contribution in [3.05, 3.63) is 34.9 Å². The summed E-state index contributed by atoms with van der Waals surface area (Å²) < 4.78 is 0. The maximum atomic E-state index is 12.3. The third kappa shape index (κ3) is 1.07. The van der Waals surface area contributed by atoms with Gasteiger partial charge < -0.3 is 0 Å². The lowest BCUT2D eigenvalue weighted by Crippen LogP contribution is -2.28. The lowest BCUT2D eigenvalue weighted by molar-refractivity contribution is -0.620. The number of azo groups is 1. The van der Waals surface area contributed by atoms with E-state index in [1.165, 1.54) is 11.1 Å². The van der Waals surface area contributed by atoms with Crippen LogP contribution >= 0.6 is 0 Å². The molecule has 2 aliphatic heterocycles. The Morgan fingerprint density at radius 3 is 3.00 bits per heavy atom. The molecule has 1 aliphatic carbocycles. The van der Waals surface area contributed by atoms with Crippen molar-refractivity contribution in [1.29, 1.82) is 0 Å². The monoisotopic (exact) mass is 238 g/mol. The number of hydrogen-bond donors (Lipinski definition) is 0. The molecule has 0 bridgehead atoms. The molecule has 1 aromatic carbocycles. The highest BCUT2D eigenvalue weighted by atomic mass is 16.1. The SMILES string of the molecule is Cc1ccc2c(c1)C(=O)C1=N[N+]3=NC=NC3N=C12. The summed E-state index contributed by atoms with van der Waals surface area (Å²) in [6, 6.07) is 5.74. The Kier molecular flexibility index (Phi) is 1.61. The van der Waals surface area contributed by atoms with E-state index in [1.54, 1.807) is 0 Å². The topological polar surface area (TPSA) is 69.5 Å². The van der Waals surface area contributed by atoms with Gasteiger partial charge in [-0.15, -0.1) is 0 Å². The zero-order valence-electron chi connectivity index (χ0n) is 9.53.